The molecule has 1 amide bonds. The lowest BCUT2D eigenvalue weighted by atomic mass is 10.2. The van der Waals surface area contributed by atoms with Gasteiger partial charge in [0.2, 0.25) is 5.91 Å². The SMILES string of the molecule is C=C(C)/C=C\C(=C(C)C)N(C)C(=O)CC.CC. The number of carbonyl (C=O) groups excluding carboxylic acids is 1. The first kappa shape index (κ1) is 18.1. The fourth-order valence-corrected chi connectivity index (χ4v) is 1.21. The van der Waals surface area contributed by atoms with Crippen molar-refractivity contribution in [2.75, 3.05) is 7.05 Å². The Kier molecular flexibility index (Phi) is 10.5. The lowest BCUT2D eigenvalue weighted by molar-refractivity contribution is -0.127. The van der Waals surface area contributed by atoms with Gasteiger partial charge in [-0.3, -0.25) is 4.79 Å². The van der Waals surface area contributed by atoms with Gasteiger partial charge in [0.15, 0.2) is 0 Å². The molecule has 0 rings (SSSR count). The van der Waals surface area contributed by atoms with Crippen molar-refractivity contribution in [3.63, 3.8) is 0 Å². The average Bonchev–Trinajstić information content (AvgIpc) is 2.29. The lowest BCUT2D eigenvalue weighted by Crippen LogP contribution is -2.25. The van der Waals surface area contributed by atoms with Crippen molar-refractivity contribution in [3.8, 4) is 0 Å². The molecule has 0 saturated carbocycles. The molecule has 17 heavy (non-hydrogen) atoms. The van der Waals surface area contributed by atoms with Crippen LogP contribution in [0.5, 0.6) is 0 Å². The van der Waals surface area contributed by atoms with Crippen LogP contribution in [0, 0.1) is 0 Å². The molecular formula is C15H27NO. The van der Waals surface area contributed by atoms with Crippen molar-refractivity contribution < 1.29 is 4.79 Å². The third-order valence-corrected chi connectivity index (χ3v) is 2.08. The first-order valence-corrected chi connectivity index (χ1v) is 6.17. The van der Waals surface area contributed by atoms with Gasteiger partial charge in [-0.2, -0.15) is 0 Å². The molecule has 0 saturated heterocycles. The zero-order valence-corrected chi connectivity index (χ0v) is 12.4. The summed E-state index contributed by atoms with van der Waals surface area (Å²) >= 11 is 0. The molecule has 98 valence electrons. The van der Waals surface area contributed by atoms with Crippen molar-refractivity contribution in [2.24, 2.45) is 0 Å². The van der Waals surface area contributed by atoms with Crippen molar-refractivity contribution in [1.29, 1.82) is 0 Å². The topological polar surface area (TPSA) is 20.3 Å². The number of likely N-dealkylation sites (N-methyl/N-ethyl adjacent to an activating group) is 1. The minimum Gasteiger partial charge on any atom is -0.316 e. The molecule has 0 aliphatic rings. The van der Waals surface area contributed by atoms with E-state index >= 15 is 0 Å². The zero-order chi connectivity index (χ0) is 14.0. The molecule has 2 heteroatoms. The molecule has 0 atom stereocenters. The Morgan fingerprint density at radius 3 is 1.94 bits per heavy atom. The molecule has 0 aromatic heterocycles. The largest absolute Gasteiger partial charge is 0.316 e. The summed E-state index contributed by atoms with van der Waals surface area (Å²) in [6, 6.07) is 0. The van der Waals surface area contributed by atoms with Crippen LogP contribution in [-0.2, 0) is 4.79 Å². The van der Waals surface area contributed by atoms with Gasteiger partial charge in [-0.1, -0.05) is 44.6 Å². The van der Waals surface area contributed by atoms with Crippen LogP contribution in [0.1, 0.15) is 48.0 Å². The van der Waals surface area contributed by atoms with Crippen molar-refractivity contribution in [2.45, 2.75) is 48.0 Å². The summed E-state index contributed by atoms with van der Waals surface area (Å²) in [6.45, 7) is 15.6. The van der Waals surface area contributed by atoms with Gasteiger partial charge in [0, 0.05) is 19.2 Å². The van der Waals surface area contributed by atoms with E-state index in [9.17, 15) is 4.79 Å². The third kappa shape index (κ3) is 7.56. The second kappa shape index (κ2) is 9.88. The molecule has 0 heterocycles. The van der Waals surface area contributed by atoms with Gasteiger partial charge in [-0.25, -0.2) is 0 Å². The van der Waals surface area contributed by atoms with Crippen LogP contribution in [0.15, 0.2) is 35.6 Å². The summed E-state index contributed by atoms with van der Waals surface area (Å²) in [5, 5.41) is 0. The average molecular weight is 237 g/mol. The molecule has 0 unspecified atom stereocenters. The van der Waals surface area contributed by atoms with Gasteiger partial charge >= 0.3 is 0 Å². The second-order valence-corrected chi connectivity index (χ2v) is 3.87. The number of allylic oxidation sites excluding steroid dienone is 4. The summed E-state index contributed by atoms with van der Waals surface area (Å²) < 4.78 is 0. The second-order valence-electron chi connectivity index (χ2n) is 3.87. The quantitative estimate of drug-likeness (QED) is 0.667. The van der Waals surface area contributed by atoms with E-state index in [0.29, 0.717) is 6.42 Å². The Morgan fingerprint density at radius 1 is 1.18 bits per heavy atom. The summed E-state index contributed by atoms with van der Waals surface area (Å²) in [7, 11) is 1.80. The maximum absolute atomic E-state index is 11.5. The van der Waals surface area contributed by atoms with Crippen molar-refractivity contribution in [1.82, 2.24) is 4.90 Å². The lowest BCUT2D eigenvalue weighted by Gasteiger charge is -2.19. The van der Waals surface area contributed by atoms with Gasteiger partial charge in [0.1, 0.15) is 0 Å². The van der Waals surface area contributed by atoms with Crippen molar-refractivity contribution in [3.05, 3.63) is 35.6 Å². The fourth-order valence-electron chi connectivity index (χ4n) is 1.21. The highest BCUT2D eigenvalue weighted by Crippen LogP contribution is 2.12. The van der Waals surface area contributed by atoms with Crippen LogP contribution in [0.4, 0.5) is 0 Å². The van der Waals surface area contributed by atoms with Crippen LogP contribution >= 0.6 is 0 Å². The van der Waals surface area contributed by atoms with E-state index in [2.05, 4.69) is 6.58 Å². The molecule has 0 spiro atoms. The number of rotatable bonds is 4. The molecule has 0 N–H and O–H groups in total. The number of amides is 1. The first-order chi connectivity index (χ1) is 7.90. The minimum atomic E-state index is 0.123. The first-order valence-electron chi connectivity index (χ1n) is 6.17. The zero-order valence-electron chi connectivity index (χ0n) is 12.4. The monoisotopic (exact) mass is 237 g/mol. The fraction of sp³-hybridized carbons (Fsp3) is 0.533. The minimum absolute atomic E-state index is 0.123. The Morgan fingerprint density at radius 2 is 1.65 bits per heavy atom. The summed E-state index contributed by atoms with van der Waals surface area (Å²) in [5.74, 6) is 0.123. The van der Waals surface area contributed by atoms with E-state index in [1.807, 2.05) is 53.7 Å². The number of hydrogen-bond donors (Lipinski definition) is 0. The van der Waals surface area contributed by atoms with Crippen LogP contribution in [0.2, 0.25) is 0 Å². The highest BCUT2D eigenvalue weighted by atomic mass is 16.2. The summed E-state index contributed by atoms with van der Waals surface area (Å²) in [5.41, 5.74) is 3.05. The molecule has 0 aromatic rings. The highest BCUT2D eigenvalue weighted by Gasteiger charge is 2.09. The van der Waals surface area contributed by atoms with Crippen molar-refractivity contribution >= 4 is 5.91 Å². The van der Waals surface area contributed by atoms with E-state index in [4.69, 9.17) is 0 Å². The van der Waals surface area contributed by atoms with E-state index in [-0.39, 0.29) is 5.91 Å². The third-order valence-electron chi connectivity index (χ3n) is 2.08. The van der Waals surface area contributed by atoms with Crippen LogP contribution in [0.3, 0.4) is 0 Å². The van der Waals surface area contributed by atoms with E-state index in [1.165, 1.54) is 0 Å². The predicted molar refractivity (Wildman–Crippen MR) is 76.7 cm³/mol. The van der Waals surface area contributed by atoms with Crippen LogP contribution in [0.25, 0.3) is 0 Å². The van der Waals surface area contributed by atoms with Gasteiger partial charge in [0.25, 0.3) is 0 Å². The maximum atomic E-state index is 11.5. The number of hydrogen-bond acceptors (Lipinski definition) is 1. The smallest absolute Gasteiger partial charge is 0.226 e. The Labute approximate surface area is 107 Å². The Bertz CT molecular complexity index is 307. The Hall–Kier alpha value is -1.31. The number of carbonyl (C=O) groups is 1. The molecular weight excluding hydrogens is 210 g/mol. The van der Waals surface area contributed by atoms with Gasteiger partial charge < -0.3 is 4.90 Å². The predicted octanol–water partition coefficient (Wildman–Crippen LogP) is 4.31. The summed E-state index contributed by atoms with van der Waals surface area (Å²) in [6.07, 6.45) is 4.38. The van der Waals surface area contributed by atoms with Gasteiger partial charge in [0.05, 0.1) is 0 Å². The maximum Gasteiger partial charge on any atom is 0.226 e. The molecule has 0 fully saturated rings. The molecule has 0 aliphatic heterocycles. The van der Waals surface area contributed by atoms with E-state index < -0.39 is 0 Å². The normalized spacial score (nSPS) is 9.35. The number of nitrogens with zero attached hydrogens (tertiary/aromatic N) is 1. The van der Waals surface area contributed by atoms with Crippen LogP contribution < -0.4 is 0 Å². The summed E-state index contributed by atoms with van der Waals surface area (Å²) in [4.78, 5) is 13.2. The Balaban J connectivity index is 0. The van der Waals surface area contributed by atoms with Gasteiger partial charge in [-0.15, -0.1) is 0 Å². The molecule has 0 radical (unpaired) electrons. The molecule has 2 nitrogen and oxygen atoms in total. The standard InChI is InChI=1S/C13H21NO.C2H6/c1-7-13(15)14(6)12(11(4)5)9-8-10(2)3;1-2/h8-9H,2,7H2,1,3-6H3;1-2H3/b9-8-;. The molecule has 0 bridgehead atoms. The molecule has 0 aromatic carbocycles. The molecule has 0 aliphatic carbocycles. The van der Waals surface area contributed by atoms with Crippen LogP contribution in [-0.4, -0.2) is 17.9 Å². The van der Waals surface area contributed by atoms with Gasteiger partial charge in [-0.05, 0) is 26.8 Å². The van der Waals surface area contributed by atoms with E-state index in [0.717, 1.165) is 16.8 Å². The van der Waals surface area contributed by atoms with E-state index in [1.54, 1.807) is 11.9 Å². The highest BCUT2D eigenvalue weighted by molar-refractivity contribution is 5.78.